The van der Waals surface area contributed by atoms with Gasteiger partial charge < -0.3 is 15.6 Å². The maximum Gasteiger partial charge on any atom is 0.302 e. The lowest BCUT2D eigenvalue weighted by Crippen LogP contribution is -2.54. The van der Waals surface area contributed by atoms with Crippen LogP contribution in [0.4, 0.5) is 0 Å². The maximum atomic E-state index is 10.9. The highest BCUT2D eigenvalue weighted by molar-refractivity contribution is 8.00. The van der Waals surface area contributed by atoms with E-state index in [1.54, 1.807) is 0 Å². The molecule has 0 spiro atoms. The molecule has 1 aliphatic heterocycles. The monoisotopic (exact) mass is 233 g/mol. The SMILES string of the molecule is CC[C@H]1S[C@H](O)[C@H](N)[C@@H](OC(C)=O)[C@@H]1C. The summed E-state index contributed by atoms with van der Waals surface area (Å²) in [4.78, 5) is 10.9. The third-order valence-electron chi connectivity index (χ3n) is 2.83. The Balaban J connectivity index is 2.74. The molecule has 1 aliphatic rings. The van der Waals surface area contributed by atoms with E-state index in [4.69, 9.17) is 10.5 Å². The van der Waals surface area contributed by atoms with Crippen molar-refractivity contribution in [3.8, 4) is 0 Å². The number of rotatable bonds is 2. The largest absolute Gasteiger partial charge is 0.460 e. The highest BCUT2D eigenvalue weighted by Crippen LogP contribution is 2.37. The third-order valence-corrected chi connectivity index (χ3v) is 4.54. The van der Waals surface area contributed by atoms with Crippen LogP contribution < -0.4 is 5.73 Å². The van der Waals surface area contributed by atoms with Crippen LogP contribution in [0.5, 0.6) is 0 Å². The molecule has 5 heteroatoms. The predicted octanol–water partition coefficient (Wildman–Crippen LogP) is 0.725. The first-order valence-corrected chi connectivity index (χ1v) is 6.18. The Morgan fingerprint density at radius 3 is 2.67 bits per heavy atom. The number of hydrogen-bond donors (Lipinski definition) is 2. The maximum absolute atomic E-state index is 10.9. The zero-order chi connectivity index (χ0) is 11.6. The number of carbonyl (C=O) groups excluding carboxylic acids is 1. The average molecular weight is 233 g/mol. The Labute approximate surface area is 94.6 Å². The first-order chi connectivity index (χ1) is 6.97. The van der Waals surface area contributed by atoms with Crippen molar-refractivity contribution >= 4 is 17.7 Å². The summed E-state index contributed by atoms with van der Waals surface area (Å²) in [5, 5.41) is 10.0. The van der Waals surface area contributed by atoms with E-state index in [1.807, 2.05) is 6.92 Å². The van der Waals surface area contributed by atoms with E-state index in [0.717, 1.165) is 6.42 Å². The first kappa shape index (κ1) is 12.8. The molecule has 1 fully saturated rings. The number of thioether (sulfide) groups is 1. The summed E-state index contributed by atoms with van der Waals surface area (Å²) >= 11 is 1.47. The minimum absolute atomic E-state index is 0.183. The Morgan fingerprint density at radius 1 is 1.60 bits per heavy atom. The van der Waals surface area contributed by atoms with Crippen molar-refractivity contribution in [2.24, 2.45) is 11.7 Å². The molecule has 3 N–H and O–H groups in total. The quantitative estimate of drug-likeness (QED) is 0.688. The number of aliphatic hydroxyl groups is 1. The second-order valence-corrected chi connectivity index (χ2v) is 5.34. The van der Waals surface area contributed by atoms with Gasteiger partial charge in [-0.25, -0.2) is 0 Å². The van der Waals surface area contributed by atoms with Gasteiger partial charge in [0.1, 0.15) is 11.5 Å². The summed E-state index contributed by atoms with van der Waals surface area (Å²) < 4.78 is 5.18. The highest BCUT2D eigenvalue weighted by Gasteiger charge is 2.42. The van der Waals surface area contributed by atoms with Crippen molar-refractivity contribution in [3.05, 3.63) is 0 Å². The van der Waals surface area contributed by atoms with Crippen molar-refractivity contribution < 1.29 is 14.6 Å². The van der Waals surface area contributed by atoms with Gasteiger partial charge in [0.15, 0.2) is 0 Å². The van der Waals surface area contributed by atoms with Crippen LogP contribution >= 0.6 is 11.8 Å². The molecule has 0 aliphatic carbocycles. The molecule has 0 radical (unpaired) electrons. The molecule has 4 nitrogen and oxygen atoms in total. The van der Waals surface area contributed by atoms with Gasteiger partial charge in [-0.05, 0) is 6.42 Å². The van der Waals surface area contributed by atoms with Crippen LogP contribution in [0.2, 0.25) is 0 Å². The Bertz CT molecular complexity index is 237. The van der Waals surface area contributed by atoms with Gasteiger partial charge in [0.25, 0.3) is 0 Å². The zero-order valence-corrected chi connectivity index (χ0v) is 10.2. The molecule has 1 rings (SSSR count). The molecule has 0 aromatic carbocycles. The molecule has 5 atom stereocenters. The second kappa shape index (κ2) is 5.18. The van der Waals surface area contributed by atoms with E-state index >= 15 is 0 Å². The average Bonchev–Trinajstić information content (AvgIpc) is 2.18. The smallest absolute Gasteiger partial charge is 0.302 e. The van der Waals surface area contributed by atoms with Crippen LogP contribution in [-0.4, -0.2) is 33.9 Å². The van der Waals surface area contributed by atoms with E-state index in [2.05, 4.69) is 6.92 Å². The van der Waals surface area contributed by atoms with Crippen LogP contribution in [0.3, 0.4) is 0 Å². The molecule has 0 aromatic rings. The van der Waals surface area contributed by atoms with Crippen LogP contribution in [0.25, 0.3) is 0 Å². The zero-order valence-electron chi connectivity index (χ0n) is 9.34. The molecule has 0 saturated carbocycles. The third kappa shape index (κ3) is 2.86. The van der Waals surface area contributed by atoms with Gasteiger partial charge in [-0.1, -0.05) is 13.8 Å². The molecule has 88 valence electrons. The van der Waals surface area contributed by atoms with E-state index in [-0.39, 0.29) is 18.0 Å². The summed E-state index contributed by atoms with van der Waals surface area (Å²) in [6, 6.07) is -0.489. The lowest BCUT2D eigenvalue weighted by molar-refractivity contribution is -0.151. The van der Waals surface area contributed by atoms with Crippen molar-refractivity contribution in [2.75, 3.05) is 0 Å². The molecule has 15 heavy (non-hydrogen) atoms. The molecule has 0 aromatic heterocycles. The number of aliphatic hydroxyl groups excluding tert-OH is 1. The van der Waals surface area contributed by atoms with Crippen LogP contribution in [0.15, 0.2) is 0 Å². The Morgan fingerprint density at radius 2 is 2.20 bits per heavy atom. The molecule has 1 heterocycles. The summed E-state index contributed by atoms with van der Waals surface area (Å²) in [5.41, 5.74) is 5.19. The molecule has 0 unspecified atom stereocenters. The Hall–Kier alpha value is -0.260. The Kier molecular flexibility index (Phi) is 4.43. The van der Waals surface area contributed by atoms with Gasteiger partial charge in [-0.3, -0.25) is 4.79 Å². The normalized spacial score (nSPS) is 41.3. The molecule has 0 bridgehead atoms. The highest BCUT2D eigenvalue weighted by atomic mass is 32.2. The van der Waals surface area contributed by atoms with Crippen molar-refractivity contribution in [1.82, 2.24) is 0 Å². The summed E-state index contributed by atoms with van der Waals surface area (Å²) in [7, 11) is 0. The molecule has 1 saturated heterocycles. The van der Waals surface area contributed by atoms with Gasteiger partial charge in [0.05, 0.1) is 6.04 Å². The summed E-state index contributed by atoms with van der Waals surface area (Å²) in [6.45, 7) is 5.44. The van der Waals surface area contributed by atoms with E-state index < -0.39 is 11.5 Å². The fourth-order valence-electron chi connectivity index (χ4n) is 1.96. The summed E-state index contributed by atoms with van der Waals surface area (Å²) in [6.07, 6.45) is 0.566. The van der Waals surface area contributed by atoms with E-state index in [9.17, 15) is 9.90 Å². The lowest BCUT2D eigenvalue weighted by Gasteiger charge is -2.41. The van der Waals surface area contributed by atoms with Gasteiger partial charge in [0, 0.05) is 18.1 Å². The van der Waals surface area contributed by atoms with Gasteiger partial charge in [0.2, 0.25) is 0 Å². The standard InChI is InChI=1S/C10H19NO3S/c1-4-7-5(2)9(14-6(3)12)8(11)10(13)15-7/h5,7-10,13H,4,11H2,1-3H3/t5-,7-,8-,9+,10+/m1/s1. The fraction of sp³-hybridized carbons (Fsp3) is 0.900. The fourth-order valence-corrected chi connectivity index (χ4v) is 3.25. The summed E-state index contributed by atoms with van der Waals surface area (Å²) in [5.74, 6) is -0.154. The second-order valence-electron chi connectivity index (χ2n) is 3.98. The van der Waals surface area contributed by atoms with E-state index in [0.29, 0.717) is 5.25 Å². The number of nitrogens with two attached hydrogens (primary N) is 1. The van der Waals surface area contributed by atoms with Crippen LogP contribution in [0, 0.1) is 5.92 Å². The molecular weight excluding hydrogens is 214 g/mol. The molecular formula is C10H19NO3S. The first-order valence-electron chi connectivity index (χ1n) is 5.23. The number of ether oxygens (including phenoxy) is 1. The van der Waals surface area contributed by atoms with Crippen LogP contribution in [0.1, 0.15) is 27.2 Å². The van der Waals surface area contributed by atoms with Crippen molar-refractivity contribution in [2.45, 2.75) is 50.0 Å². The number of carbonyl (C=O) groups is 1. The topological polar surface area (TPSA) is 72.6 Å². The minimum Gasteiger partial charge on any atom is -0.460 e. The molecule has 0 amide bonds. The minimum atomic E-state index is -0.643. The van der Waals surface area contributed by atoms with Crippen molar-refractivity contribution in [3.63, 3.8) is 0 Å². The van der Waals surface area contributed by atoms with E-state index in [1.165, 1.54) is 18.7 Å². The number of hydrogen-bond acceptors (Lipinski definition) is 5. The van der Waals surface area contributed by atoms with Gasteiger partial charge in [-0.15, -0.1) is 11.8 Å². The number of esters is 1. The van der Waals surface area contributed by atoms with Crippen molar-refractivity contribution in [1.29, 1.82) is 0 Å². The van der Waals surface area contributed by atoms with Crippen LogP contribution in [-0.2, 0) is 9.53 Å². The predicted molar refractivity (Wildman–Crippen MR) is 60.4 cm³/mol. The van der Waals surface area contributed by atoms with Gasteiger partial charge in [-0.2, -0.15) is 0 Å². The van der Waals surface area contributed by atoms with Gasteiger partial charge >= 0.3 is 5.97 Å². The lowest BCUT2D eigenvalue weighted by atomic mass is 9.93.